The average Bonchev–Trinajstić information content (AvgIpc) is 2.75. The largest absolute Gasteiger partial charge is 0.399 e. The summed E-state index contributed by atoms with van der Waals surface area (Å²) in [6, 6.07) is 9.92. The second-order valence-electron chi connectivity index (χ2n) is 4.65. The molecule has 0 spiro atoms. The fourth-order valence-corrected chi connectivity index (χ4v) is 2.32. The van der Waals surface area contributed by atoms with Gasteiger partial charge in [-0.15, -0.1) is 0 Å². The van der Waals surface area contributed by atoms with Crippen molar-refractivity contribution >= 4 is 16.7 Å². The molecule has 0 aliphatic heterocycles. The van der Waals surface area contributed by atoms with Crippen molar-refractivity contribution in [2.75, 3.05) is 5.73 Å². The van der Waals surface area contributed by atoms with Crippen LogP contribution in [0.2, 0.25) is 0 Å². The second-order valence-corrected chi connectivity index (χ2v) is 4.65. The summed E-state index contributed by atoms with van der Waals surface area (Å²) in [7, 11) is 2.03. The number of aromatic nitrogens is 3. The lowest BCUT2D eigenvalue weighted by Gasteiger charge is -2.05. The van der Waals surface area contributed by atoms with E-state index in [0.29, 0.717) is 0 Å². The SMILES string of the molecule is Cn1c(CCc2ccccc2N)nc2ccncc21. The van der Waals surface area contributed by atoms with E-state index in [2.05, 4.69) is 20.6 Å². The third kappa shape index (κ3) is 2.17. The maximum Gasteiger partial charge on any atom is 0.109 e. The van der Waals surface area contributed by atoms with E-state index in [0.717, 1.165) is 35.4 Å². The van der Waals surface area contributed by atoms with Crippen LogP contribution in [-0.2, 0) is 19.9 Å². The van der Waals surface area contributed by atoms with Crippen LogP contribution < -0.4 is 5.73 Å². The molecule has 2 aromatic heterocycles. The van der Waals surface area contributed by atoms with Gasteiger partial charge in [-0.1, -0.05) is 18.2 Å². The molecule has 0 unspecified atom stereocenters. The van der Waals surface area contributed by atoms with Crippen LogP contribution in [0.25, 0.3) is 11.0 Å². The second kappa shape index (κ2) is 4.72. The van der Waals surface area contributed by atoms with E-state index in [1.807, 2.05) is 37.5 Å². The monoisotopic (exact) mass is 252 g/mol. The summed E-state index contributed by atoms with van der Waals surface area (Å²) in [6.07, 6.45) is 5.40. The van der Waals surface area contributed by atoms with Crippen molar-refractivity contribution in [3.05, 3.63) is 54.1 Å². The number of hydrogen-bond donors (Lipinski definition) is 1. The van der Waals surface area contributed by atoms with Crippen molar-refractivity contribution in [3.8, 4) is 0 Å². The van der Waals surface area contributed by atoms with Crippen molar-refractivity contribution < 1.29 is 0 Å². The maximum atomic E-state index is 5.96. The minimum Gasteiger partial charge on any atom is -0.399 e. The molecule has 0 aliphatic rings. The Morgan fingerprint density at radius 1 is 1.16 bits per heavy atom. The molecule has 2 heterocycles. The van der Waals surface area contributed by atoms with Crippen LogP contribution in [0.3, 0.4) is 0 Å². The number of pyridine rings is 1. The Kier molecular flexibility index (Phi) is 2.91. The van der Waals surface area contributed by atoms with Gasteiger partial charge in [-0.05, 0) is 24.1 Å². The van der Waals surface area contributed by atoms with Crippen molar-refractivity contribution in [2.24, 2.45) is 7.05 Å². The number of imidazole rings is 1. The van der Waals surface area contributed by atoms with Crippen LogP contribution in [0, 0.1) is 0 Å². The normalized spacial score (nSPS) is 11.0. The summed E-state index contributed by atoms with van der Waals surface area (Å²) in [5, 5.41) is 0. The fraction of sp³-hybridized carbons (Fsp3) is 0.200. The molecule has 4 heteroatoms. The summed E-state index contributed by atoms with van der Waals surface area (Å²) in [5.41, 5.74) is 10.0. The molecule has 0 saturated heterocycles. The summed E-state index contributed by atoms with van der Waals surface area (Å²) in [6.45, 7) is 0. The predicted octanol–water partition coefficient (Wildman–Crippen LogP) is 2.34. The molecule has 0 saturated carbocycles. The topological polar surface area (TPSA) is 56.7 Å². The Labute approximate surface area is 111 Å². The molecule has 0 radical (unpaired) electrons. The molecule has 0 fully saturated rings. The van der Waals surface area contributed by atoms with Crippen LogP contribution in [0.5, 0.6) is 0 Å². The van der Waals surface area contributed by atoms with E-state index in [1.54, 1.807) is 6.20 Å². The molecule has 0 bridgehead atoms. The number of aryl methyl sites for hydroxylation is 3. The van der Waals surface area contributed by atoms with Gasteiger partial charge < -0.3 is 10.3 Å². The highest BCUT2D eigenvalue weighted by Crippen LogP contribution is 2.17. The molecular weight excluding hydrogens is 236 g/mol. The van der Waals surface area contributed by atoms with Crippen LogP contribution >= 0.6 is 0 Å². The predicted molar refractivity (Wildman–Crippen MR) is 76.8 cm³/mol. The quantitative estimate of drug-likeness (QED) is 0.728. The van der Waals surface area contributed by atoms with Gasteiger partial charge in [0.2, 0.25) is 0 Å². The first-order valence-corrected chi connectivity index (χ1v) is 6.34. The number of nitrogens with zero attached hydrogens (tertiary/aromatic N) is 3. The first kappa shape index (κ1) is 11.7. The number of para-hydroxylation sites is 1. The van der Waals surface area contributed by atoms with Gasteiger partial charge in [-0.25, -0.2) is 4.98 Å². The number of nitrogens with two attached hydrogens (primary N) is 1. The lowest BCUT2D eigenvalue weighted by molar-refractivity contribution is 0.787. The summed E-state index contributed by atoms with van der Waals surface area (Å²) in [4.78, 5) is 8.78. The van der Waals surface area contributed by atoms with Crippen molar-refractivity contribution in [1.29, 1.82) is 0 Å². The van der Waals surface area contributed by atoms with Gasteiger partial charge in [0.15, 0.2) is 0 Å². The summed E-state index contributed by atoms with van der Waals surface area (Å²) < 4.78 is 2.10. The maximum absolute atomic E-state index is 5.96. The van der Waals surface area contributed by atoms with Gasteiger partial charge in [0.25, 0.3) is 0 Å². The number of fused-ring (bicyclic) bond motifs is 1. The Hall–Kier alpha value is -2.36. The van der Waals surface area contributed by atoms with Crippen LogP contribution in [0.1, 0.15) is 11.4 Å². The number of rotatable bonds is 3. The molecule has 3 aromatic rings. The van der Waals surface area contributed by atoms with Crippen molar-refractivity contribution in [2.45, 2.75) is 12.8 Å². The minimum atomic E-state index is 0.850. The lowest BCUT2D eigenvalue weighted by Crippen LogP contribution is -2.02. The smallest absolute Gasteiger partial charge is 0.109 e. The molecule has 0 atom stereocenters. The highest BCUT2D eigenvalue weighted by molar-refractivity contribution is 5.74. The van der Waals surface area contributed by atoms with Gasteiger partial charge in [-0.3, -0.25) is 4.98 Å². The zero-order valence-electron chi connectivity index (χ0n) is 10.9. The van der Waals surface area contributed by atoms with Crippen LogP contribution in [0.15, 0.2) is 42.7 Å². The molecule has 0 aliphatic carbocycles. The van der Waals surface area contributed by atoms with Crippen LogP contribution in [-0.4, -0.2) is 14.5 Å². The Balaban J connectivity index is 1.86. The highest BCUT2D eigenvalue weighted by atomic mass is 15.1. The van der Waals surface area contributed by atoms with Crippen molar-refractivity contribution in [3.63, 3.8) is 0 Å². The number of nitrogen functional groups attached to an aromatic ring is 1. The molecule has 0 amide bonds. The van der Waals surface area contributed by atoms with Crippen LogP contribution in [0.4, 0.5) is 5.69 Å². The van der Waals surface area contributed by atoms with Gasteiger partial charge in [-0.2, -0.15) is 0 Å². The average molecular weight is 252 g/mol. The van der Waals surface area contributed by atoms with E-state index < -0.39 is 0 Å². The molecule has 2 N–H and O–H groups in total. The highest BCUT2D eigenvalue weighted by Gasteiger charge is 2.08. The Morgan fingerprint density at radius 2 is 2.00 bits per heavy atom. The minimum absolute atomic E-state index is 0.850. The number of benzene rings is 1. The van der Waals surface area contributed by atoms with E-state index in [4.69, 9.17) is 5.73 Å². The first-order valence-electron chi connectivity index (χ1n) is 6.34. The summed E-state index contributed by atoms with van der Waals surface area (Å²) in [5.74, 6) is 1.06. The van der Waals surface area contributed by atoms with Gasteiger partial charge in [0.1, 0.15) is 5.82 Å². The van der Waals surface area contributed by atoms with E-state index >= 15 is 0 Å². The first-order chi connectivity index (χ1) is 9.25. The van der Waals surface area contributed by atoms with Gasteiger partial charge in [0, 0.05) is 25.4 Å². The van der Waals surface area contributed by atoms with E-state index in [-0.39, 0.29) is 0 Å². The molecule has 96 valence electrons. The Morgan fingerprint density at radius 3 is 2.79 bits per heavy atom. The van der Waals surface area contributed by atoms with E-state index in [1.165, 1.54) is 5.56 Å². The molecule has 3 rings (SSSR count). The van der Waals surface area contributed by atoms with Gasteiger partial charge in [0.05, 0.1) is 17.2 Å². The van der Waals surface area contributed by atoms with E-state index in [9.17, 15) is 0 Å². The molecule has 19 heavy (non-hydrogen) atoms. The molecule has 1 aromatic carbocycles. The lowest BCUT2D eigenvalue weighted by atomic mass is 10.1. The molecule has 4 nitrogen and oxygen atoms in total. The van der Waals surface area contributed by atoms with Crippen molar-refractivity contribution in [1.82, 2.24) is 14.5 Å². The zero-order chi connectivity index (χ0) is 13.2. The van der Waals surface area contributed by atoms with Gasteiger partial charge >= 0.3 is 0 Å². The Bertz CT molecular complexity index is 715. The standard InChI is InChI=1S/C15H16N4/c1-19-14-10-17-9-8-13(14)18-15(19)7-6-11-4-2-3-5-12(11)16/h2-5,8-10H,6-7,16H2,1H3. The molecular formula is C15H16N4. The summed E-state index contributed by atoms with van der Waals surface area (Å²) >= 11 is 0. The number of hydrogen-bond acceptors (Lipinski definition) is 3. The fourth-order valence-electron chi connectivity index (χ4n) is 2.32. The number of anilines is 1. The third-order valence-electron chi connectivity index (χ3n) is 3.45. The third-order valence-corrected chi connectivity index (χ3v) is 3.45. The zero-order valence-corrected chi connectivity index (χ0v) is 10.9.